The maximum Gasteiger partial charge on any atom is 0.0807 e. The molecule has 0 aliphatic heterocycles. The van der Waals surface area contributed by atoms with E-state index in [4.69, 9.17) is 0 Å². The Hall–Kier alpha value is -0.760. The molecule has 0 saturated heterocycles. The molecule has 2 heteroatoms. The first-order chi connectivity index (χ1) is 9.22. The highest BCUT2D eigenvalue weighted by Gasteiger charge is 2.40. The Morgan fingerprint density at radius 2 is 2.16 bits per heavy atom. The Kier molecular flexibility index (Phi) is 2.77. The van der Waals surface area contributed by atoms with Crippen molar-refractivity contribution in [3.05, 3.63) is 23.0 Å². The SMILES string of the molecule is Cc1cc2c(n1CC1CC3CCC1C3)CCCC2O. The zero-order valence-electron chi connectivity index (χ0n) is 11.9. The van der Waals surface area contributed by atoms with Gasteiger partial charge in [-0.25, -0.2) is 0 Å². The van der Waals surface area contributed by atoms with Crippen molar-refractivity contribution in [3.63, 3.8) is 0 Å². The number of aliphatic hydroxyl groups is 1. The summed E-state index contributed by atoms with van der Waals surface area (Å²) in [5.74, 6) is 2.94. The van der Waals surface area contributed by atoms with Crippen molar-refractivity contribution < 1.29 is 5.11 Å². The number of rotatable bonds is 2. The van der Waals surface area contributed by atoms with Crippen LogP contribution in [0.4, 0.5) is 0 Å². The van der Waals surface area contributed by atoms with Gasteiger partial charge in [0.15, 0.2) is 0 Å². The van der Waals surface area contributed by atoms with E-state index < -0.39 is 0 Å². The Bertz CT molecular complexity index is 490. The lowest BCUT2D eigenvalue weighted by Gasteiger charge is -2.26. The molecule has 0 amide bonds. The summed E-state index contributed by atoms with van der Waals surface area (Å²) >= 11 is 0. The summed E-state index contributed by atoms with van der Waals surface area (Å²) in [5, 5.41) is 10.2. The summed E-state index contributed by atoms with van der Waals surface area (Å²) in [5.41, 5.74) is 4.04. The van der Waals surface area contributed by atoms with Crippen molar-refractivity contribution in [2.75, 3.05) is 0 Å². The fourth-order valence-electron chi connectivity index (χ4n) is 5.03. The molecule has 4 rings (SSSR count). The van der Waals surface area contributed by atoms with Crippen LogP contribution in [0.2, 0.25) is 0 Å². The van der Waals surface area contributed by atoms with E-state index in [0.717, 1.165) is 30.6 Å². The normalized spacial score (nSPS) is 36.7. The number of fused-ring (bicyclic) bond motifs is 3. The molecule has 1 heterocycles. The van der Waals surface area contributed by atoms with Gasteiger partial charge in [-0.1, -0.05) is 6.42 Å². The first-order valence-corrected chi connectivity index (χ1v) is 8.09. The number of nitrogens with zero attached hydrogens (tertiary/aromatic N) is 1. The van der Waals surface area contributed by atoms with E-state index >= 15 is 0 Å². The molecule has 1 aromatic rings. The molecular weight excluding hydrogens is 234 g/mol. The largest absolute Gasteiger partial charge is 0.388 e. The van der Waals surface area contributed by atoms with Gasteiger partial charge < -0.3 is 9.67 Å². The van der Waals surface area contributed by atoms with Gasteiger partial charge in [0.1, 0.15) is 0 Å². The Morgan fingerprint density at radius 3 is 2.89 bits per heavy atom. The van der Waals surface area contributed by atoms with E-state index in [-0.39, 0.29) is 6.10 Å². The van der Waals surface area contributed by atoms with Gasteiger partial charge >= 0.3 is 0 Å². The van der Waals surface area contributed by atoms with Crippen LogP contribution >= 0.6 is 0 Å². The van der Waals surface area contributed by atoms with Gasteiger partial charge in [0.2, 0.25) is 0 Å². The summed E-state index contributed by atoms with van der Waals surface area (Å²) in [6.07, 6.45) is 8.97. The quantitative estimate of drug-likeness (QED) is 0.862. The predicted molar refractivity (Wildman–Crippen MR) is 76.0 cm³/mol. The Morgan fingerprint density at radius 1 is 1.26 bits per heavy atom. The van der Waals surface area contributed by atoms with Crippen LogP contribution < -0.4 is 0 Å². The topological polar surface area (TPSA) is 25.2 Å². The van der Waals surface area contributed by atoms with Crippen LogP contribution in [0.3, 0.4) is 0 Å². The molecule has 2 fully saturated rings. The van der Waals surface area contributed by atoms with Crippen LogP contribution in [0.15, 0.2) is 6.07 Å². The molecule has 0 spiro atoms. The predicted octanol–water partition coefficient (Wildman–Crippen LogP) is 3.60. The monoisotopic (exact) mass is 259 g/mol. The van der Waals surface area contributed by atoms with Gasteiger partial charge in [-0.2, -0.15) is 0 Å². The second kappa shape index (κ2) is 4.37. The summed E-state index contributed by atoms with van der Waals surface area (Å²) in [6.45, 7) is 3.44. The molecule has 1 N–H and O–H groups in total. The van der Waals surface area contributed by atoms with Gasteiger partial charge in [-0.15, -0.1) is 0 Å². The summed E-state index contributed by atoms with van der Waals surface area (Å²) in [6, 6.07) is 2.24. The van der Waals surface area contributed by atoms with E-state index in [1.165, 1.54) is 55.6 Å². The van der Waals surface area contributed by atoms with Gasteiger partial charge in [0, 0.05) is 23.5 Å². The lowest BCUT2D eigenvalue weighted by Crippen LogP contribution is -2.20. The highest BCUT2D eigenvalue weighted by Crippen LogP contribution is 2.49. The third-order valence-electron chi connectivity index (χ3n) is 6.00. The number of aryl methyl sites for hydroxylation is 1. The molecule has 3 aliphatic rings. The molecule has 4 atom stereocenters. The average Bonchev–Trinajstić information content (AvgIpc) is 3.07. The molecule has 104 valence electrons. The minimum absolute atomic E-state index is 0.205. The number of hydrogen-bond acceptors (Lipinski definition) is 1. The van der Waals surface area contributed by atoms with Crippen molar-refractivity contribution >= 4 is 0 Å². The van der Waals surface area contributed by atoms with Crippen LogP contribution in [0.1, 0.15) is 61.6 Å². The summed E-state index contributed by atoms with van der Waals surface area (Å²) < 4.78 is 2.54. The maximum atomic E-state index is 10.2. The lowest BCUT2D eigenvalue weighted by atomic mass is 9.88. The van der Waals surface area contributed by atoms with Crippen LogP contribution in [0, 0.1) is 24.7 Å². The van der Waals surface area contributed by atoms with Crippen LogP contribution in [-0.4, -0.2) is 9.67 Å². The molecule has 0 aromatic carbocycles. The van der Waals surface area contributed by atoms with Crippen molar-refractivity contribution in [2.45, 2.75) is 64.5 Å². The number of aromatic nitrogens is 1. The van der Waals surface area contributed by atoms with E-state index in [9.17, 15) is 5.11 Å². The van der Waals surface area contributed by atoms with E-state index in [0.29, 0.717) is 0 Å². The zero-order chi connectivity index (χ0) is 13.0. The van der Waals surface area contributed by atoms with Crippen molar-refractivity contribution in [1.29, 1.82) is 0 Å². The first kappa shape index (κ1) is 12.0. The third-order valence-corrected chi connectivity index (χ3v) is 6.00. The van der Waals surface area contributed by atoms with Crippen molar-refractivity contribution in [2.24, 2.45) is 17.8 Å². The molecule has 0 radical (unpaired) electrons. The maximum absolute atomic E-state index is 10.2. The highest BCUT2D eigenvalue weighted by molar-refractivity contribution is 5.31. The van der Waals surface area contributed by atoms with E-state index in [1.807, 2.05) is 0 Å². The standard InChI is InChI=1S/C17H25NO/c1-11-7-15-16(3-2-4-17(15)19)18(11)10-14-9-12-5-6-13(14)8-12/h7,12-14,17,19H,2-6,8-10H2,1H3. The van der Waals surface area contributed by atoms with Gasteiger partial charge in [-0.05, 0) is 69.3 Å². The minimum Gasteiger partial charge on any atom is -0.388 e. The van der Waals surface area contributed by atoms with Crippen LogP contribution in [0.5, 0.6) is 0 Å². The molecule has 2 nitrogen and oxygen atoms in total. The second-order valence-electron chi connectivity index (χ2n) is 7.14. The fourth-order valence-corrected chi connectivity index (χ4v) is 5.03. The van der Waals surface area contributed by atoms with Crippen LogP contribution in [-0.2, 0) is 13.0 Å². The van der Waals surface area contributed by atoms with Gasteiger partial charge in [0.05, 0.1) is 6.10 Å². The lowest BCUT2D eigenvalue weighted by molar-refractivity contribution is 0.155. The van der Waals surface area contributed by atoms with Crippen molar-refractivity contribution in [1.82, 2.24) is 4.57 Å². The molecule has 19 heavy (non-hydrogen) atoms. The summed E-state index contributed by atoms with van der Waals surface area (Å²) in [4.78, 5) is 0. The third kappa shape index (κ3) is 1.87. The molecule has 1 aromatic heterocycles. The first-order valence-electron chi connectivity index (χ1n) is 8.09. The molecule has 4 unspecified atom stereocenters. The smallest absolute Gasteiger partial charge is 0.0807 e. The minimum atomic E-state index is -0.205. The van der Waals surface area contributed by atoms with E-state index in [1.54, 1.807) is 0 Å². The summed E-state index contributed by atoms with van der Waals surface area (Å²) in [7, 11) is 0. The molecule has 3 aliphatic carbocycles. The number of hydrogen-bond donors (Lipinski definition) is 1. The Labute approximate surface area is 115 Å². The Balaban J connectivity index is 1.61. The fraction of sp³-hybridized carbons (Fsp3) is 0.765. The number of aliphatic hydroxyl groups excluding tert-OH is 1. The average molecular weight is 259 g/mol. The zero-order valence-corrected chi connectivity index (χ0v) is 11.9. The van der Waals surface area contributed by atoms with Gasteiger partial charge in [-0.3, -0.25) is 0 Å². The molecular formula is C17H25NO. The van der Waals surface area contributed by atoms with E-state index in [2.05, 4.69) is 17.6 Å². The molecule has 2 saturated carbocycles. The van der Waals surface area contributed by atoms with Gasteiger partial charge in [0.25, 0.3) is 0 Å². The second-order valence-corrected chi connectivity index (χ2v) is 7.14. The van der Waals surface area contributed by atoms with Crippen molar-refractivity contribution in [3.8, 4) is 0 Å². The highest BCUT2D eigenvalue weighted by atomic mass is 16.3. The van der Waals surface area contributed by atoms with Crippen LogP contribution in [0.25, 0.3) is 0 Å². The molecule has 2 bridgehead atoms.